The van der Waals surface area contributed by atoms with E-state index in [1.165, 1.54) is 0 Å². The normalized spacial score (nSPS) is 14.2. The average molecular weight is 358 g/mol. The van der Waals surface area contributed by atoms with Crippen LogP contribution in [0.25, 0.3) is 0 Å². The van der Waals surface area contributed by atoms with Gasteiger partial charge in [0.15, 0.2) is 6.61 Å². The molecule has 1 aromatic carbocycles. The first-order chi connectivity index (χ1) is 12.5. The van der Waals surface area contributed by atoms with Gasteiger partial charge >= 0.3 is 0 Å². The van der Waals surface area contributed by atoms with E-state index in [0.717, 1.165) is 5.69 Å². The fourth-order valence-corrected chi connectivity index (χ4v) is 2.70. The number of amides is 2. The number of nitrogens with one attached hydrogen (secondary N) is 1. The van der Waals surface area contributed by atoms with Gasteiger partial charge in [0.25, 0.3) is 11.8 Å². The second-order valence-corrected chi connectivity index (χ2v) is 6.05. The molecule has 1 aliphatic rings. The molecule has 1 aromatic heterocycles. The Morgan fingerprint density at radius 1 is 1.23 bits per heavy atom. The van der Waals surface area contributed by atoms with E-state index in [1.54, 1.807) is 47.0 Å². The van der Waals surface area contributed by atoms with Crippen molar-refractivity contribution in [3.05, 3.63) is 41.7 Å². The summed E-state index contributed by atoms with van der Waals surface area (Å²) in [6, 6.07) is 8.63. The molecule has 138 valence electrons. The molecule has 2 aromatic rings. The summed E-state index contributed by atoms with van der Waals surface area (Å²) in [7, 11) is 1.73. The van der Waals surface area contributed by atoms with Crippen molar-refractivity contribution < 1.29 is 19.1 Å². The first-order valence-corrected chi connectivity index (χ1v) is 8.43. The molecular weight excluding hydrogens is 336 g/mol. The smallest absolute Gasteiger partial charge is 0.273 e. The summed E-state index contributed by atoms with van der Waals surface area (Å²) in [5, 5.41) is 6.97. The highest BCUT2D eigenvalue weighted by Gasteiger charge is 2.17. The number of aryl methyl sites for hydroxylation is 2. The summed E-state index contributed by atoms with van der Waals surface area (Å²) in [5.41, 5.74) is 1.91. The third-order valence-corrected chi connectivity index (χ3v) is 4.07. The number of hydrogen-bond acceptors (Lipinski definition) is 5. The van der Waals surface area contributed by atoms with Gasteiger partial charge in [-0.3, -0.25) is 14.3 Å². The van der Waals surface area contributed by atoms with Crippen LogP contribution in [0.4, 0.5) is 5.69 Å². The Bertz CT molecular complexity index is 779. The standard InChI is InChI=1S/C18H22N4O4/c1-13-11-16(21(2)20-13)18(24)19-14-3-5-15(6-4-14)26-12-17(23)22-7-9-25-10-8-22/h3-6,11H,7-10,12H2,1-2H3,(H,19,24). The van der Waals surface area contributed by atoms with Gasteiger partial charge < -0.3 is 19.7 Å². The molecule has 0 atom stereocenters. The molecule has 8 heteroatoms. The van der Waals surface area contributed by atoms with Crippen molar-refractivity contribution in [1.29, 1.82) is 0 Å². The van der Waals surface area contributed by atoms with Crippen LogP contribution in [0.1, 0.15) is 16.2 Å². The second-order valence-electron chi connectivity index (χ2n) is 6.05. The average Bonchev–Trinajstić information content (AvgIpc) is 3.00. The molecule has 0 spiro atoms. The third-order valence-electron chi connectivity index (χ3n) is 4.07. The lowest BCUT2D eigenvalue weighted by Gasteiger charge is -2.26. The molecule has 1 fully saturated rings. The van der Waals surface area contributed by atoms with Crippen LogP contribution in [0.3, 0.4) is 0 Å². The monoisotopic (exact) mass is 358 g/mol. The molecule has 0 saturated carbocycles. The first kappa shape index (κ1) is 17.9. The highest BCUT2D eigenvalue weighted by Crippen LogP contribution is 2.17. The predicted molar refractivity (Wildman–Crippen MR) is 95.2 cm³/mol. The van der Waals surface area contributed by atoms with Crippen molar-refractivity contribution >= 4 is 17.5 Å². The zero-order valence-electron chi connectivity index (χ0n) is 14.9. The highest BCUT2D eigenvalue weighted by atomic mass is 16.5. The Morgan fingerprint density at radius 3 is 2.54 bits per heavy atom. The Kier molecular flexibility index (Phi) is 5.52. The van der Waals surface area contributed by atoms with Gasteiger partial charge in [-0.25, -0.2) is 0 Å². The lowest BCUT2D eigenvalue weighted by atomic mass is 10.3. The van der Waals surface area contributed by atoms with Crippen molar-refractivity contribution in [1.82, 2.24) is 14.7 Å². The minimum absolute atomic E-state index is 0.0139. The quantitative estimate of drug-likeness (QED) is 0.869. The number of carbonyl (C=O) groups is 2. The second kappa shape index (κ2) is 8.01. The van der Waals surface area contributed by atoms with Crippen LogP contribution in [-0.2, 0) is 16.6 Å². The molecule has 0 aliphatic carbocycles. The molecule has 2 heterocycles. The fourth-order valence-electron chi connectivity index (χ4n) is 2.70. The van der Waals surface area contributed by atoms with E-state index < -0.39 is 0 Å². The van der Waals surface area contributed by atoms with E-state index in [4.69, 9.17) is 9.47 Å². The number of anilines is 1. The van der Waals surface area contributed by atoms with Gasteiger partial charge in [-0.2, -0.15) is 5.10 Å². The largest absolute Gasteiger partial charge is 0.484 e. The van der Waals surface area contributed by atoms with Gasteiger partial charge in [-0.1, -0.05) is 0 Å². The van der Waals surface area contributed by atoms with E-state index in [1.807, 2.05) is 6.92 Å². The Morgan fingerprint density at radius 2 is 1.92 bits per heavy atom. The van der Waals surface area contributed by atoms with E-state index in [9.17, 15) is 9.59 Å². The lowest BCUT2D eigenvalue weighted by Crippen LogP contribution is -2.42. The van der Waals surface area contributed by atoms with Crippen LogP contribution in [0.5, 0.6) is 5.75 Å². The van der Waals surface area contributed by atoms with Gasteiger partial charge in [-0.05, 0) is 37.3 Å². The van der Waals surface area contributed by atoms with Crippen LogP contribution in [-0.4, -0.2) is 59.4 Å². The fraction of sp³-hybridized carbons (Fsp3) is 0.389. The van der Waals surface area contributed by atoms with E-state index in [2.05, 4.69) is 10.4 Å². The number of hydrogen-bond donors (Lipinski definition) is 1. The molecule has 0 bridgehead atoms. The number of morpholine rings is 1. The maximum absolute atomic E-state index is 12.3. The molecule has 1 saturated heterocycles. The van der Waals surface area contributed by atoms with Crippen molar-refractivity contribution in [2.45, 2.75) is 6.92 Å². The van der Waals surface area contributed by atoms with Crippen molar-refractivity contribution in [2.75, 3.05) is 38.2 Å². The summed E-state index contributed by atoms with van der Waals surface area (Å²) in [4.78, 5) is 26.0. The first-order valence-electron chi connectivity index (χ1n) is 8.43. The zero-order valence-corrected chi connectivity index (χ0v) is 14.9. The summed E-state index contributed by atoms with van der Waals surface area (Å²) >= 11 is 0. The molecule has 0 radical (unpaired) electrons. The van der Waals surface area contributed by atoms with Gasteiger partial charge in [0, 0.05) is 25.8 Å². The van der Waals surface area contributed by atoms with Crippen LogP contribution in [0, 0.1) is 6.92 Å². The van der Waals surface area contributed by atoms with Crippen molar-refractivity contribution in [3.8, 4) is 5.75 Å². The van der Waals surface area contributed by atoms with Gasteiger partial charge in [-0.15, -0.1) is 0 Å². The zero-order chi connectivity index (χ0) is 18.5. The molecule has 3 rings (SSSR count). The molecule has 2 amide bonds. The van der Waals surface area contributed by atoms with E-state index >= 15 is 0 Å². The number of carbonyl (C=O) groups excluding carboxylic acids is 2. The van der Waals surface area contributed by atoms with Gasteiger partial charge in [0.1, 0.15) is 11.4 Å². The SMILES string of the molecule is Cc1cc(C(=O)Nc2ccc(OCC(=O)N3CCOCC3)cc2)n(C)n1. The lowest BCUT2D eigenvalue weighted by molar-refractivity contribution is -0.137. The summed E-state index contributed by atoms with van der Waals surface area (Å²) in [6.07, 6.45) is 0. The van der Waals surface area contributed by atoms with Crippen LogP contribution in [0.2, 0.25) is 0 Å². The Labute approximate surface area is 151 Å². The Balaban J connectivity index is 1.52. The van der Waals surface area contributed by atoms with Crippen LogP contribution >= 0.6 is 0 Å². The summed E-state index contributed by atoms with van der Waals surface area (Å²) in [6.45, 7) is 4.15. The van der Waals surface area contributed by atoms with Gasteiger partial charge in [0.2, 0.25) is 0 Å². The predicted octanol–water partition coefficient (Wildman–Crippen LogP) is 1.22. The van der Waals surface area contributed by atoms with E-state index in [-0.39, 0.29) is 18.4 Å². The number of ether oxygens (including phenoxy) is 2. The number of nitrogens with zero attached hydrogens (tertiary/aromatic N) is 3. The number of benzene rings is 1. The van der Waals surface area contributed by atoms with Gasteiger partial charge in [0.05, 0.1) is 18.9 Å². The third kappa shape index (κ3) is 4.40. The number of rotatable bonds is 5. The van der Waals surface area contributed by atoms with Crippen LogP contribution in [0.15, 0.2) is 30.3 Å². The Hall–Kier alpha value is -2.87. The molecule has 1 aliphatic heterocycles. The molecule has 8 nitrogen and oxygen atoms in total. The maximum atomic E-state index is 12.3. The summed E-state index contributed by atoms with van der Waals surface area (Å²) < 4.78 is 12.3. The minimum Gasteiger partial charge on any atom is -0.484 e. The van der Waals surface area contributed by atoms with Crippen LogP contribution < -0.4 is 10.1 Å². The molecule has 0 unspecified atom stereocenters. The van der Waals surface area contributed by atoms with E-state index in [0.29, 0.717) is 43.4 Å². The number of aromatic nitrogens is 2. The molecule has 1 N–H and O–H groups in total. The minimum atomic E-state index is -0.232. The topological polar surface area (TPSA) is 85.7 Å². The maximum Gasteiger partial charge on any atom is 0.273 e. The summed E-state index contributed by atoms with van der Waals surface area (Å²) in [5.74, 6) is 0.280. The van der Waals surface area contributed by atoms with Crippen molar-refractivity contribution in [2.24, 2.45) is 7.05 Å². The molecular formula is C18H22N4O4. The highest BCUT2D eigenvalue weighted by molar-refractivity contribution is 6.03. The van der Waals surface area contributed by atoms with Crippen molar-refractivity contribution in [3.63, 3.8) is 0 Å². The molecule has 26 heavy (non-hydrogen) atoms.